The van der Waals surface area contributed by atoms with Crippen molar-refractivity contribution in [2.24, 2.45) is 5.92 Å². The summed E-state index contributed by atoms with van der Waals surface area (Å²) in [4.78, 5) is 0. The summed E-state index contributed by atoms with van der Waals surface area (Å²) < 4.78 is 0. The second-order valence-electron chi connectivity index (χ2n) is 4.35. The lowest BCUT2D eigenvalue weighted by Crippen LogP contribution is -2.37. The highest BCUT2D eigenvalue weighted by atomic mass is 14.9. The highest BCUT2D eigenvalue weighted by molar-refractivity contribution is 4.78. The van der Waals surface area contributed by atoms with Gasteiger partial charge in [0, 0.05) is 6.04 Å². The first-order valence-electron chi connectivity index (χ1n) is 6.11. The largest absolute Gasteiger partial charge is 0.314 e. The van der Waals surface area contributed by atoms with Crippen LogP contribution in [-0.4, -0.2) is 12.6 Å². The molecule has 0 aromatic rings. The van der Waals surface area contributed by atoms with Crippen molar-refractivity contribution in [2.75, 3.05) is 6.54 Å². The average Bonchev–Trinajstić information content (AvgIpc) is 2.19. The lowest BCUT2D eigenvalue weighted by Gasteiger charge is -2.30. The van der Waals surface area contributed by atoms with Gasteiger partial charge in [-0.15, -0.1) is 0 Å². The Morgan fingerprint density at radius 1 is 1.15 bits per heavy atom. The highest BCUT2D eigenvalue weighted by Gasteiger charge is 2.21. The molecule has 1 rings (SSSR count). The van der Waals surface area contributed by atoms with E-state index in [4.69, 9.17) is 0 Å². The zero-order valence-electron chi connectivity index (χ0n) is 9.31. The van der Waals surface area contributed by atoms with Gasteiger partial charge in [0.05, 0.1) is 0 Å². The topological polar surface area (TPSA) is 12.0 Å². The predicted octanol–water partition coefficient (Wildman–Crippen LogP) is 3.34. The Morgan fingerprint density at radius 2 is 1.85 bits per heavy atom. The smallest absolute Gasteiger partial charge is 0.00951 e. The van der Waals surface area contributed by atoms with E-state index in [0.717, 1.165) is 18.5 Å². The van der Waals surface area contributed by atoms with Crippen LogP contribution in [0.4, 0.5) is 0 Å². The standard InChI is InChI=1S/C12H25N/c1-3-8-12(13-4-2)11-9-6-5-7-10-11/h11-13H,3-10H2,1-2H3. The summed E-state index contributed by atoms with van der Waals surface area (Å²) in [6.07, 6.45) is 10.1. The quantitative estimate of drug-likeness (QED) is 0.689. The molecule has 1 nitrogen and oxygen atoms in total. The zero-order chi connectivity index (χ0) is 9.52. The fourth-order valence-corrected chi connectivity index (χ4v) is 2.61. The van der Waals surface area contributed by atoms with E-state index in [1.807, 2.05) is 0 Å². The van der Waals surface area contributed by atoms with E-state index >= 15 is 0 Å². The molecule has 0 aromatic carbocycles. The summed E-state index contributed by atoms with van der Waals surface area (Å²) >= 11 is 0. The van der Waals surface area contributed by atoms with E-state index in [0.29, 0.717) is 0 Å². The zero-order valence-corrected chi connectivity index (χ0v) is 9.31. The summed E-state index contributed by atoms with van der Waals surface area (Å²) in [5, 5.41) is 3.65. The number of rotatable bonds is 5. The highest BCUT2D eigenvalue weighted by Crippen LogP contribution is 2.28. The van der Waals surface area contributed by atoms with E-state index < -0.39 is 0 Å². The average molecular weight is 183 g/mol. The molecular formula is C12H25N. The maximum atomic E-state index is 3.65. The van der Waals surface area contributed by atoms with E-state index in [2.05, 4.69) is 19.2 Å². The van der Waals surface area contributed by atoms with Gasteiger partial charge in [0.2, 0.25) is 0 Å². The van der Waals surface area contributed by atoms with Crippen molar-refractivity contribution in [2.45, 2.75) is 64.8 Å². The van der Waals surface area contributed by atoms with E-state index in [1.165, 1.54) is 44.9 Å². The van der Waals surface area contributed by atoms with Gasteiger partial charge >= 0.3 is 0 Å². The third kappa shape index (κ3) is 3.68. The third-order valence-electron chi connectivity index (χ3n) is 3.28. The first-order valence-corrected chi connectivity index (χ1v) is 6.11. The summed E-state index contributed by atoms with van der Waals surface area (Å²) in [6, 6.07) is 0.815. The minimum Gasteiger partial charge on any atom is -0.314 e. The number of nitrogens with one attached hydrogen (secondary N) is 1. The predicted molar refractivity (Wildman–Crippen MR) is 58.9 cm³/mol. The Balaban J connectivity index is 2.32. The van der Waals surface area contributed by atoms with Crippen LogP contribution < -0.4 is 5.32 Å². The van der Waals surface area contributed by atoms with Crippen molar-refractivity contribution in [3.8, 4) is 0 Å². The summed E-state index contributed by atoms with van der Waals surface area (Å²) in [6.45, 7) is 5.67. The molecule has 13 heavy (non-hydrogen) atoms. The maximum absolute atomic E-state index is 3.65. The molecule has 0 radical (unpaired) electrons. The molecule has 1 fully saturated rings. The van der Waals surface area contributed by atoms with Crippen molar-refractivity contribution >= 4 is 0 Å². The molecule has 0 saturated heterocycles. The molecule has 1 aliphatic rings. The molecule has 0 aliphatic heterocycles. The SMILES string of the molecule is CCCC(NCC)C1CCCCC1. The van der Waals surface area contributed by atoms with Gasteiger partial charge < -0.3 is 5.32 Å². The summed E-state index contributed by atoms with van der Waals surface area (Å²) in [5.41, 5.74) is 0. The van der Waals surface area contributed by atoms with Gasteiger partial charge in [-0.1, -0.05) is 39.5 Å². The molecule has 0 amide bonds. The fourth-order valence-electron chi connectivity index (χ4n) is 2.61. The molecule has 0 spiro atoms. The van der Waals surface area contributed by atoms with Crippen molar-refractivity contribution in [3.63, 3.8) is 0 Å². The second-order valence-corrected chi connectivity index (χ2v) is 4.35. The van der Waals surface area contributed by atoms with E-state index in [-0.39, 0.29) is 0 Å². The molecule has 0 heterocycles. The molecule has 1 saturated carbocycles. The number of hydrogen-bond donors (Lipinski definition) is 1. The van der Waals surface area contributed by atoms with Crippen molar-refractivity contribution in [1.82, 2.24) is 5.32 Å². The third-order valence-corrected chi connectivity index (χ3v) is 3.28. The van der Waals surface area contributed by atoms with Crippen molar-refractivity contribution in [3.05, 3.63) is 0 Å². The van der Waals surface area contributed by atoms with Gasteiger partial charge in [0.1, 0.15) is 0 Å². The van der Waals surface area contributed by atoms with E-state index in [9.17, 15) is 0 Å². The first-order chi connectivity index (χ1) is 6.38. The Labute approximate surface area is 83.3 Å². The van der Waals surface area contributed by atoms with Crippen LogP contribution in [-0.2, 0) is 0 Å². The van der Waals surface area contributed by atoms with Crippen LogP contribution in [0, 0.1) is 5.92 Å². The fraction of sp³-hybridized carbons (Fsp3) is 1.00. The minimum atomic E-state index is 0.815. The van der Waals surface area contributed by atoms with Gasteiger partial charge in [0.25, 0.3) is 0 Å². The van der Waals surface area contributed by atoms with Gasteiger partial charge in [-0.05, 0) is 31.7 Å². The van der Waals surface area contributed by atoms with Gasteiger partial charge in [-0.25, -0.2) is 0 Å². The molecule has 1 unspecified atom stereocenters. The molecule has 0 aromatic heterocycles. The minimum absolute atomic E-state index is 0.815. The Kier molecular flexibility index (Phi) is 5.45. The second kappa shape index (κ2) is 6.42. The molecule has 0 bridgehead atoms. The Bertz CT molecular complexity index is 110. The van der Waals surface area contributed by atoms with Crippen LogP contribution in [0.5, 0.6) is 0 Å². The van der Waals surface area contributed by atoms with Crippen molar-refractivity contribution in [1.29, 1.82) is 0 Å². The molecular weight excluding hydrogens is 158 g/mol. The monoisotopic (exact) mass is 183 g/mol. The van der Waals surface area contributed by atoms with Crippen LogP contribution >= 0.6 is 0 Å². The first kappa shape index (κ1) is 11.0. The lowest BCUT2D eigenvalue weighted by atomic mass is 9.82. The lowest BCUT2D eigenvalue weighted by molar-refractivity contribution is 0.259. The summed E-state index contributed by atoms with van der Waals surface area (Å²) in [7, 11) is 0. The molecule has 1 aliphatic carbocycles. The Morgan fingerprint density at radius 3 is 2.38 bits per heavy atom. The maximum Gasteiger partial charge on any atom is 0.00951 e. The van der Waals surface area contributed by atoms with Crippen LogP contribution in [0.25, 0.3) is 0 Å². The Hall–Kier alpha value is -0.0400. The van der Waals surface area contributed by atoms with Gasteiger partial charge in [-0.2, -0.15) is 0 Å². The number of hydrogen-bond acceptors (Lipinski definition) is 1. The van der Waals surface area contributed by atoms with Crippen LogP contribution in [0.2, 0.25) is 0 Å². The van der Waals surface area contributed by atoms with Gasteiger partial charge in [-0.3, -0.25) is 0 Å². The van der Waals surface area contributed by atoms with Crippen LogP contribution in [0.3, 0.4) is 0 Å². The normalized spacial score (nSPS) is 21.7. The molecule has 78 valence electrons. The van der Waals surface area contributed by atoms with Gasteiger partial charge in [0.15, 0.2) is 0 Å². The molecule has 1 heteroatoms. The van der Waals surface area contributed by atoms with E-state index in [1.54, 1.807) is 0 Å². The van der Waals surface area contributed by atoms with Crippen molar-refractivity contribution < 1.29 is 0 Å². The van der Waals surface area contributed by atoms with Crippen LogP contribution in [0.1, 0.15) is 58.8 Å². The summed E-state index contributed by atoms with van der Waals surface area (Å²) in [5.74, 6) is 0.980. The van der Waals surface area contributed by atoms with Crippen LogP contribution in [0.15, 0.2) is 0 Å². The molecule has 1 atom stereocenters. The molecule has 1 N–H and O–H groups in total.